The van der Waals surface area contributed by atoms with Gasteiger partial charge in [0.15, 0.2) is 0 Å². The Labute approximate surface area is 89.4 Å². The first-order chi connectivity index (χ1) is 7.31. The molecule has 1 aromatic rings. The Kier molecular flexibility index (Phi) is 3.34. The Hall–Kier alpha value is -0.930. The molecule has 82 valence electrons. The number of hydrogen-bond donors (Lipinski definition) is 1. The van der Waals surface area contributed by atoms with E-state index in [4.69, 9.17) is 4.74 Å². The first kappa shape index (κ1) is 10.6. The highest BCUT2D eigenvalue weighted by molar-refractivity contribution is 5.22. The van der Waals surface area contributed by atoms with Gasteiger partial charge in [-0.2, -0.15) is 0 Å². The number of methoxy groups -OCH3 is 1. The minimum atomic E-state index is -0.118. The smallest absolute Gasteiger partial charge is 0.127 e. The maximum atomic E-state index is 13.5. The summed E-state index contributed by atoms with van der Waals surface area (Å²) in [6, 6.07) is 7.47. The molecule has 2 rings (SSSR count). The van der Waals surface area contributed by atoms with Crippen molar-refractivity contribution in [2.24, 2.45) is 0 Å². The quantitative estimate of drug-likeness (QED) is 0.824. The van der Waals surface area contributed by atoms with E-state index < -0.39 is 0 Å². The molecule has 0 aromatic heterocycles. The molecule has 2 atom stereocenters. The third-order valence-corrected chi connectivity index (χ3v) is 2.89. The number of ether oxygens (including phenoxy) is 1. The number of halogens is 1. The summed E-state index contributed by atoms with van der Waals surface area (Å²) < 4.78 is 18.6. The first-order valence-corrected chi connectivity index (χ1v) is 5.30. The van der Waals surface area contributed by atoms with Gasteiger partial charge in [0.2, 0.25) is 0 Å². The summed E-state index contributed by atoms with van der Waals surface area (Å²) in [6.45, 7) is 0.699. The van der Waals surface area contributed by atoms with E-state index in [2.05, 4.69) is 5.32 Å². The summed E-state index contributed by atoms with van der Waals surface area (Å²) >= 11 is 0. The van der Waals surface area contributed by atoms with E-state index in [0.29, 0.717) is 12.6 Å². The number of hydrogen-bond acceptors (Lipinski definition) is 2. The van der Waals surface area contributed by atoms with Crippen LogP contribution in [0.4, 0.5) is 4.39 Å². The number of nitrogens with one attached hydrogen (secondary N) is 1. The topological polar surface area (TPSA) is 21.3 Å². The predicted octanol–water partition coefficient (Wildman–Crippen LogP) is 2.27. The largest absolute Gasteiger partial charge is 0.383 e. The molecule has 1 saturated heterocycles. The molecule has 15 heavy (non-hydrogen) atoms. The van der Waals surface area contributed by atoms with Crippen molar-refractivity contribution in [1.29, 1.82) is 0 Å². The van der Waals surface area contributed by atoms with Gasteiger partial charge in [0.1, 0.15) is 5.82 Å². The predicted molar refractivity (Wildman–Crippen MR) is 57.2 cm³/mol. The lowest BCUT2D eigenvalue weighted by Gasteiger charge is -2.14. The van der Waals surface area contributed by atoms with E-state index in [1.807, 2.05) is 12.1 Å². The summed E-state index contributed by atoms with van der Waals surface area (Å²) in [7, 11) is 1.69. The Balaban J connectivity index is 2.04. The van der Waals surface area contributed by atoms with Gasteiger partial charge in [0.25, 0.3) is 0 Å². The van der Waals surface area contributed by atoms with Gasteiger partial charge in [0.05, 0.1) is 6.61 Å². The highest BCUT2D eigenvalue weighted by Crippen LogP contribution is 2.28. The lowest BCUT2D eigenvalue weighted by Crippen LogP contribution is -2.28. The zero-order valence-electron chi connectivity index (χ0n) is 8.87. The van der Waals surface area contributed by atoms with Crippen molar-refractivity contribution in [1.82, 2.24) is 5.32 Å². The Bertz CT molecular complexity index is 329. The van der Waals surface area contributed by atoms with Crippen LogP contribution in [0.1, 0.15) is 24.4 Å². The molecular weight excluding hydrogens is 193 g/mol. The molecule has 0 radical (unpaired) electrons. The van der Waals surface area contributed by atoms with E-state index in [1.54, 1.807) is 13.2 Å². The minimum Gasteiger partial charge on any atom is -0.383 e. The van der Waals surface area contributed by atoms with E-state index in [1.165, 1.54) is 6.07 Å². The van der Waals surface area contributed by atoms with Crippen LogP contribution in [0.2, 0.25) is 0 Å². The molecule has 1 heterocycles. The molecule has 1 N–H and O–H groups in total. The van der Waals surface area contributed by atoms with Crippen LogP contribution in [0.3, 0.4) is 0 Å². The van der Waals surface area contributed by atoms with Crippen molar-refractivity contribution >= 4 is 0 Å². The molecule has 2 unspecified atom stereocenters. The van der Waals surface area contributed by atoms with Gasteiger partial charge in [0, 0.05) is 24.8 Å². The van der Waals surface area contributed by atoms with Crippen molar-refractivity contribution in [3.8, 4) is 0 Å². The fourth-order valence-electron chi connectivity index (χ4n) is 2.15. The lowest BCUT2D eigenvalue weighted by molar-refractivity contribution is 0.171. The van der Waals surface area contributed by atoms with Crippen molar-refractivity contribution < 1.29 is 9.13 Å². The van der Waals surface area contributed by atoms with Crippen molar-refractivity contribution in [2.75, 3.05) is 13.7 Å². The summed E-state index contributed by atoms with van der Waals surface area (Å²) in [5.41, 5.74) is 0.774. The third kappa shape index (κ3) is 2.36. The van der Waals surface area contributed by atoms with E-state index in [0.717, 1.165) is 18.4 Å². The fourth-order valence-corrected chi connectivity index (χ4v) is 2.15. The first-order valence-electron chi connectivity index (χ1n) is 5.30. The second-order valence-electron chi connectivity index (χ2n) is 3.97. The fraction of sp³-hybridized carbons (Fsp3) is 0.500. The van der Waals surface area contributed by atoms with Gasteiger partial charge < -0.3 is 10.1 Å². The van der Waals surface area contributed by atoms with E-state index in [-0.39, 0.29) is 11.9 Å². The second-order valence-corrected chi connectivity index (χ2v) is 3.97. The molecule has 1 fully saturated rings. The highest BCUT2D eigenvalue weighted by atomic mass is 19.1. The van der Waals surface area contributed by atoms with Crippen LogP contribution in [0.15, 0.2) is 24.3 Å². The van der Waals surface area contributed by atoms with Crippen LogP contribution >= 0.6 is 0 Å². The van der Waals surface area contributed by atoms with Gasteiger partial charge in [-0.25, -0.2) is 4.39 Å². The van der Waals surface area contributed by atoms with Crippen molar-refractivity contribution in [2.45, 2.75) is 24.9 Å². The number of benzene rings is 1. The van der Waals surface area contributed by atoms with Crippen LogP contribution in [-0.4, -0.2) is 19.8 Å². The highest BCUT2D eigenvalue weighted by Gasteiger charge is 2.26. The molecule has 3 heteroatoms. The Morgan fingerprint density at radius 2 is 2.20 bits per heavy atom. The lowest BCUT2D eigenvalue weighted by atomic mass is 10.0. The molecule has 2 nitrogen and oxygen atoms in total. The standard InChI is InChI=1S/C12H16FNO/c1-15-8-9-6-7-12(14-9)10-4-2-3-5-11(10)13/h2-5,9,12,14H,6-8H2,1H3. The zero-order chi connectivity index (χ0) is 10.7. The SMILES string of the molecule is COCC1CCC(c2ccccc2F)N1. The van der Waals surface area contributed by atoms with E-state index in [9.17, 15) is 4.39 Å². The number of rotatable bonds is 3. The molecule has 1 aromatic carbocycles. The molecule has 0 spiro atoms. The zero-order valence-corrected chi connectivity index (χ0v) is 8.87. The monoisotopic (exact) mass is 209 g/mol. The van der Waals surface area contributed by atoms with Gasteiger partial charge in [-0.3, -0.25) is 0 Å². The molecular formula is C12H16FNO. The van der Waals surface area contributed by atoms with E-state index >= 15 is 0 Å². The molecule has 1 aliphatic rings. The van der Waals surface area contributed by atoms with Crippen LogP contribution < -0.4 is 5.32 Å². The Morgan fingerprint density at radius 3 is 2.93 bits per heavy atom. The molecule has 0 aliphatic carbocycles. The minimum absolute atomic E-state index is 0.118. The summed E-state index contributed by atoms with van der Waals surface area (Å²) in [5, 5.41) is 3.38. The molecule has 0 amide bonds. The van der Waals surface area contributed by atoms with Gasteiger partial charge in [-0.15, -0.1) is 0 Å². The summed E-state index contributed by atoms with van der Waals surface area (Å²) in [6.07, 6.45) is 2.03. The second kappa shape index (κ2) is 4.73. The summed E-state index contributed by atoms with van der Waals surface area (Å²) in [5.74, 6) is -0.118. The van der Waals surface area contributed by atoms with Crippen LogP contribution in [0.5, 0.6) is 0 Å². The van der Waals surface area contributed by atoms with Crippen molar-refractivity contribution in [3.63, 3.8) is 0 Å². The average Bonchev–Trinajstić information content (AvgIpc) is 2.68. The van der Waals surface area contributed by atoms with Crippen LogP contribution in [-0.2, 0) is 4.74 Å². The maximum absolute atomic E-state index is 13.5. The van der Waals surface area contributed by atoms with Crippen molar-refractivity contribution in [3.05, 3.63) is 35.6 Å². The third-order valence-electron chi connectivity index (χ3n) is 2.89. The maximum Gasteiger partial charge on any atom is 0.127 e. The Morgan fingerprint density at radius 1 is 1.40 bits per heavy atom. The van der Waals surface area contributed by atoms with Gasteiger partial charge in [-0.05, 0) is 18.9 Å². The van der Waals surface area contributed by atoms with Gasteiger partial charge >= 0.3 is 0 Å². The molecule has 0 saturated carbocycles. The normalized spacial score (nSPS) is 25.7. The molecule has 0 bridgehead atoms. The average molecular weight is 209 g/mol. The molecule has 1 aliphatic heterocycles. The summed E-state index contributed by atoms with van der Waals surface area (Å²) in [4.78, 5) is 0. The van der Waals surface area contributed by atoms with Gasteiger partial charge in [-0.1, -0.05) is 18.2 Å². The van der Waals surface area contributed by atoms with Crippen LogP contribution in [0, 0.1) is 5.82 Å². The van der Waals surface area contributed by atoms with Crippen LogP contribution in [0.25, 0.3) is 0 Å².